The fourth-order valence-corrected chi connectivity index (χ4v) is 2.85. The van der Waals surface area contributed by atoms with Crippen LogP contribution in [0.3, 0.4) is 0 Å². The number of hydrogen-bond donors (Lipinski definition) is 1. The van der Waals surface area contributed by atoms with E-state index in [9.17, 15) is 14.0 Å². The van der Waals surface area contributed by atoms with Crippen molar-refractivity contribution in [2.24, 2.45) is 5.92 Å². The van der Waals surface area contributed by atoms with Crippen molar-refractivity contribution in [3.8, 4) is 0 Å². The molecule has 0 radical (unpaired) electrons. The van der Waals surface area contributed by atoms with Crippen molar-refractivity contribution in [2.75, 3.05) is 16.8 Å². The minimum atomic E-state index is -0.456. The van der Waals surface area contributed by atoms with Gasteiger partial charge in [0.1, 0.15) is 5.82 Å². The molecule has 1 N–H and O–H groups in total. The third-order valence-corrected chi connectivity index (χ3v) is 4.48. The Kier molecular flexibility index (Phi) is 4.53. The van der Waals surface area contributed by atoms with E-state index in [1.807, 2.05) is 13.0 Å². The molecule has 0 bridgehead atoms. The second-order valence-electron chi connectivity index (χ2n) is 5.84. The van der Waals surface area contributed by atoms with Gasteiger partial charge in [-0.15, -0.1) is 0 Å². The van der Waals surface area contributed by atoms with Crippen LogP contribution >= 0.6 is 11.6 Å². The summed E-state index contributed by atoms with van der Waals surface area (Å²) in [6, 6.07) is 10.9. The van der Waals surface area contributed by atoms with Gasteiger partial charge in [-0.05, 0) is 48.9 Å². The highest BCUT2D eigenvalue weighted by Gasteiger charge is 2.35. The zero-order chi connectivity index (χ0) is 17.3. The van der Waals surface area contributed by atoms with Gasteiger partial charge in [-0.2, -0.15) is 0 Å². The van der Waals surface area contributed by atoms with Crippen molar-refractivity contribution in [1.29, 1.82) is 0 Å². The predicted molar refractivity (Wildman–Crippen MR) is 91.7 cm³/mol. The van der Waals surface area contributed by atoms with Crippen molar-refractivity contribution in [3.63, 3.8) is 0 Å². The molecule has 0 aromatic heterocycles. The normalized spacial score (nSPS) is 17.2. The first-order valence-corrected chi connectivity index (χ1v) is 7.95. The van der Waals surface area contributed by atoms with Crippen molar-refractivity contribution in [3.05, 3.63) is 58.9 Å². The van der Waals surface area contributed by atoms with Gasteiger partial charge >= 0.3 is 0 Å². The van der Waals surface area contributed by atoms with Crippen LogP contribution in [-0.4, -0.2) is 18.4 Å². The molecule has 2 aromatic carbocycles. The molecule has 1 aliphatic rings. The number of aryl methyl sites for hydroxylation is 1. The van der Waals surface area contributed by atoms with E-state index >= 15 is 0 Å². The maximum absolute atomic E-state index is 13.0. The summed E-state index contributed by atoms with van der Waals surface area (Å²) >= 11 is 6.05. The van der Waals surface area contributed by atoms with E-state index < -0.39 is 5.92 Å². The second-order valence-corrected chi connectivity index (χ2v) is 6.24. The molecule has 3 rings (SSSR count). The van der Waals surface area contributed by atoms with Crippen LogP contribution < -0.4 is 10.2 Å². The summed E-state index contributed by atoms with van der Waals surface area (Å²) in [6.07, 6.45) is 0.128. The van der Waals surface area contributed by atoms with Crippen LogP contribution in [0.15, 0.2) is 42.5 Å². The van der Waals surface area contributed by atoms with E-state index in [1.54, 1.807) is 12.1 Å². The zero-order valence-electron chi connectivity index (χ0n) is 13.1. The molecule has 2 amide bonds. The molecule has 0 spiro atoms. The Bertz CT molecular complexity index is 792. The Balaban J connectivity index is 1.69. The third kappa shape index (κ3) is 3.41. The molecule has 1 atom stereocenters. The molecule has 1 heterocycles. The highest BCUT2D eigenvalue weighted by molar-refractivity contribution is 6.31. The van der Waals surface area contributed by atoms with Crippen LogP contribution in [0, 0.1) is 18.7 Å². The van der Waals surface area contributed by atoms with E-state index in [2.05, 4.69) is 5.32 Å². The number of nitrogens with zero attached hydrogens (tertiary/aromatic N) is 1. The number of benzene rings is 2. The summed E-state index contributed by atoms with van der Waals surface area (Å²) in [6.45, 7) is 2.15. The van der Waals surface area contributed by atoms with Gasteiger partial charge in [0.2, 0.25) is 11.8 Å². The van der Waals surface area contributed by atoms with E-state index in [0.717, 1.165) is 5.56 Å². The van der Waals surface area contributed by atoms with Crippen LogP contribution in [0.2, 0.25) is 5.02 Å². The molecule has 2 aromatic rings. The molecule has 1 saturated heterocycles. The first kappa shape index (κ1) is 16.5. The number of rotatable bonds is 3. The Morgan fingerprint density at radius 3 is 2.62 bits per heavy atom. The minimum Gasteiger partial charge on any atom is -0.326 e. The van der Waals surface area contributed by atoms with E-state index in [4.69, 9.17) is 11.6 Å². The van der Waals surface area contributed by atoms with Gasteiger partial charge in [0.15, 0.2) is 0 Å². The van der Waals surface area contributed by atoms with Gasteiger partial charge in [-0.3, -0.25) is 9.59 Å². The minimum absolute atomic E-state index is 0.128. The van der Waals surface area contributed by atoms with Crippen LogP contribution in [0.5, 0.6) is 0 Å². The summed E-state index contributed by atoms with van der Waals surface area (Å²) in [4.78, 5) is 26.1. The van der Waals surface area contributed by atoms with Gasteiger partial charge in [0.05, 0.1) is 5.92 Å². The first-order valence-electron chi connectivity index (χ1n) is 7.57. The number of carbonyl (C=O) groups excluding carboxylic acids is 2. The van der Waals surface area contributed by atoms with Crippen molar-refractivity contribution in [1.82, 2.24) is 0 Å². The molecule has 6 heteroatoms. The predicted octanol–water partition coefficient (Wildman–Crippen LogP) is 3.78. The molecule has 4 nitrogen and oxygen atoms in total. The standard InChI is InChI=1S/C18H16ClFN2O2/c1-11-2-5-14(9-16(11)19)21-18(24)12-8-17(23)22(10-12)15-6-3-13(20)4-7-15/h2-7,9,12H,8,10H2,1H3,(H,21,24)/t12-/m1/s1. The van der Waals surface area contributed by atoms with Crippen LogP contribution in [0.4, 0.5) is 15.8 Å². The molecule has 1 fully saturated rings. The molecule has 124 valence electrons. The summed E-state index contributed by atoms with van der Waals surface area (Å²) < 4.78 is 13.0. The quantitative estimate of drug-likeness (QED) is 0.919. The van der Waals surface area contributed by atoms with E-state index in [0.29, 0.717) is 16.4 Å². The smallest absolute Gasteiger partial charge is 0.229 e. The van der Waals surface area contributed by atoms with Crippen LogP contribution in [0.1, 0.15) is 12.0 Å². The lowest BCUT2D eigenvalue weighted by molar-refractivity contribution is -0.122. The molecule has 0 unspecified atom stereocenters. The maximum atomic E-state index is 13.0. The lowest BCUT2D eigenvalue weighted by atomic mass is 10.1. The Hall–Kier alpha value is -2.40. The SMILES string of the molecule is Cc1ccc(NC(=O)[C@@H]2CC(=O)N(c3ccc(F)cc3)C2)cc1Cl. The van der Waals surface area contributed by atoms with Crippen molar-refractivity contribution < 1.29 is 14.0 Å². The van der Waals surface area contributed by atoms with Gasteiger partial charge in [0.25, 0.3) is 0 Å². The number of halogens is 2. The van der Waals surface area contributed by atoms with Gasteiger partial charge in [-0.1, -0.05) is 17.7 Å². The molecule has 24 heavy (non-hydrogen) atoms. The molecule has 1 aliphatic heterocycles. The lowest BCUT2D eigenvalue weighted by Crippen LogP contribution is -2.28. The second kappa shape index (κ2) is 6.61. The summed E-state index contributed by atoms with van der Waals surface area (Å²) in [7, 11) is 0. The van der Waals surface area contributed by atoms with Crippen molar-refractivity contribution in [2.45, 2.75) is 13.3 Å². The van der Waals surface area contributed by atoms with E-state index in [-0.39, 0.29) is 30.6 Å². The largest absolute Gasteiger partial charge is 0.326 e. The fourth-order valence-electron chi connectivity index (χ4n) is 2.67. The number of nitrogens with one attached hydrogen (secondary N) is 1. The van der Waals surface area contributed by atoms with E-state index in [1.165, 1.54) is 29.2 Å². The van der Waals surface area contributed by atoms with Gasteiger partial charge in [0, 0.05) is 29.4 Å². The average Bonchev–Trinajstić information content (AvgIpc) is 2.94. The van der Waals surface area contributed by atoms with Gasteiger partial charge < -0.3 is 10.2 Å². The topological polar surface area (TPSA) is 49.4 Å². The number of amides is 2. The lowest BCUT2D eigenvalue weighted by Gasteiger charge is -2.16. The third-order valence-electron chi connectivity index (χ3n) is 4.07. The van der Waals surface area contributed by atoms with Crippen LogP contribution in [0.25, 0.3) is 0 Å². The highest BCUT2D eigenvalue weighted by atomic mass is 35.5. The first-order chi connectivity index (χ1) is 11.4. The van der Waals surface area contributed by atoms with Gasteiger partial charge in [-0.25, -0.2) is 4.39 Å². The zero-order valence-corrected chi connectivity index (χ0v) is 13.8. The average molecular weight is 347 g/mol. The molecule has 0 saturated carbocycles. The van der Waals surface area contributed by atoms with Crippen molar-refractivity contribution >= 4 is 34.8 Å². The van der Waals surface area contributed by atoms with Crippen LogP contribution in [-0.2, 0) is 9.59 Å². The number of carbonyl (C=O) groups is 2. The Morgan fingerprint density at radius 1 is 1.25 bits per heavy atom. The maximum Gasteiger partial charge on any atom is 0.229 e. The molecular weight excluding hydrogens is 331 g/mol. The number of anilines is 2. The monoisotopic (exact) mass is 346 g/mol. The molecular formula is C18H16ClFN2O2. The summed E-state index contributed by atoms with van der Waals surface area (Å²) in [5, 5.41) is 3.36. The molecule has 0 aliphatic carbocycles. The summed E-state index contributed by atoms with van der Waals surface area (Å²) in [5.74, 6) is -1.20. The summed E-state index contributed by atoms with van der Waals surface area (Å²) in [5.41, 5.74) is 2.12. The fraction of sp³-hybridized carbons (Fsp3) is 0.222. The Morgan fingerprint density at radius 2 is 1.96 bits per heavy atom. The number of hydrogen-bond acceptors (Lipinski definition) is 2. The highest BCUT2D eigenvalue weighted by Crippen LogP contribution is 2.27. The Labute approximate surface area is 144 Å².